The molecule has 0 unspecified atom stereocenters. The van der Waals surface area contributed by atoms with E-state index in [9.17, 15) is 9.59 Å². The number of hydrogen-bond donors (Lipinski definition) is 1. The number of carbonyl (C=O) groups is 2. The third kappa shape index (κ3) is 4.81. The van der Waals surface area contributed by atoms with Gasteiger partial charge in [-0.2, -0.15) is 0 Å². The zero-order valence-corrected chi connectivity index (χ0v) is 16.9. The summed E-state index contributed by atoms with van der Waals surface area (Å²) in [5.41, 5.74) is 1.65. The molecule has 0 saturated carbocycles. The molecule has 1 heterocycles. The van der Waals surface area contributed by atoms with Crippen LogP contribution >= 0.6 is 39.9 Å². The van der Waals surface area contributed by atoms with Crippen LogP contribution in [0.4, 0.5) is 5.69 Å². The predicted octanol–water partition coefficient (Wildman–Crippen LogP) is 4.68. The van der Waals surface area contributed by atoms with E-state index in [1.54, 1.807) is 0 Å². The lowest BCUT2D eigenvalue weighted by Crippen LogP contribution is -2.31. The molecule has 1 aliphatic heterocycles. The molecule has 3 rings (SSSR count). The minimum Gasteiger partial charge on any atom is -0.326 e. The summed E-state index contributed by atoms with van der Waals surface area (Å²) in [5.74, 6) is -0.316. The highest BCUT2D eigenvalue weighted by Gasteiger charge is 2.32. The van der Waals surface area contributed by atoms with Crippen molar-refractivity contribution in [2.75, 3.05) is 11.9 Å². The maximum atomic E-state index is 12.5. The first-order chi connectivity index (χ1) is 12.5. The first kappa shape index (κ1) is 18.8. The molecule has 132 valence electrons. The van der Waals surface area contributed by atoms with E-state index in [4.69, 9.17) is 12.2 Å². The average molecular weight is 447 g/mol. The average Bonchev–Trinajstić information content (AvgIpc) is 2.87. The second-order valence-electron chi connectivity index (χ2n) is 5.55. The van der Waals surface area contributed by atoms with Crippen molar-refractivity contribution in [3.8, 4) is 0 Å². The molecule has 1 fully saturated rings. The van der Waals surface area contributed by atoms with Gasteiger partial charge < -0.3 is 5.32 Å². The normalized spacial score (nSPS) is 15.6. The standard InChI is InChI=1S/C19H15BrN2O2S2/c20-14-7-4-8-15(12-14)21-17(23)9-10-22-18(24)16(26-19(22)25)11-13-5-2-1-3-6-13/h1-8,11-12H,9-10H2,(H,21,23). The molecule has 4 nitrogen and oxygen atoms in total. The number of benzene rings is 2. The van der Waals surface area contributed by atoms with Crippen LogP contribution in [0.25, 0.3) is 6.08 Å². The molecule has 0 spiro atoms. The molecule has 1 saturated heterocycles. The van der Waals surface area contributed by atoms with Crippen molar-refractivity contribution in [3.63, 3.8) is 0 Å². The predicted molar refractivity (Wildman–Crippen MR) is 114 cm³/mol. The van der Waals surface area contributed by atoms with Crippen LogP contribution in [-0.4, -0.2) is 27.6 Å². The van der Waals surface area contributed by atoms with E-state index >= 15 is 0 Å². The van der Waals surface area contributed by atoms with Crippen LogP contribution in [0.15, 0.2) is 64.0 Å². The third-order valence-corrected chi connectivity index (χ3v) is 5.51. The highest BCUT2D eigenvalue weighted by molar-refractivity contribution is 9.10. The van der Waals surface area contributed by atoms with Crippen molar-refractivity contribution in [2.45, 2.75) is 6.42 Å². The van der Waals surface area contributed by atoms with E-state index in [-0.39, 0.29) is 24.8 Å². The van der Waals surface area contributed by atoms with Gasteiger partial charge in [0.2, 0.25) is 5.91 Å². The lowest BCUT2D eigenvalue weighted by atomic mass is 10.2. The zero-order valence-electron chi connectivity index (χ0n) is 13.6. The molecule has 26 heavy (non-hydrogen) atoms. The Balaban J connectivity index is 1.59. The van der Waals surface area contributed by atoms with Crippen LogP contribution in [0.2, 0.25) is 0 Å². The smallest absolute Gasteiger partial charge is 0.266 e. The van der Waals surface area contributed by atoms with Gasteiger partial charge in [0.1, 0.15) is 4.32 Å². The van der Waals surface area contributed by atoms with Crippen LogP contribution in [-0.2, 0) is 9.59 Å². The minimum absolute atomic E-state index is 0.154. The lowest BCUT2D eigenvalue weighted by molar-refractivity contribution is -0.122. The lowest BCUT2D eigenvalue weighted by Gasteiger charge is -2.14. The van der Waals surface area contributed by atoms with Crippen molar-refractivity contribution >= 4 is 67.8 Å². The van der Waals surface area contributed by atoms with Gasteiger partial charge in [0.25, 0.3) is 5.91 Å². The number of carbonyl (C=O) groups excluding carboxylic acids is 2. The topological polar surface area (TPSA) is 49.4 Å². The SMILES string of the molecule is O=C(CCN1C(=O)C(=Cc2ccccc2)SC1=S)Nc1cccc(Br)c1. The molecule has 0 aliphatic carbocycles. The summed E-state index contributed by atoms with van der Waals surface area (Å²) in [6, 6.07) is 17.0. The number of halogens is 1. The summed E-state index contributed by atoms with van der Waals surface area (Å²) in [6.45, 7) is 0.261. The summed E-state index contributed by atoms with van der Waals surface area (Å²) in [6.07, 6.45) is 2.00. The number of thioether (sulfide) groups is 1. The summed E-state index contributed by atoms with van der Waals surface area (Å²) in [5, 5.41) is 2.82. The van der Waals surface area contributed by atoms with Crippen molar-refractivity contribution in [1.82, 2.24) is 4.90 Å². The zero-order chi connectivity index (χ0) is 18.5. The highest BCUT2D eigenvalue weighted by Crippen LogP contribution is 2.32. The largest absolute Gasteiger partial charge is 0.326 e. The fourth-order valence-corrected chi connectivity index (χ4v) is 4.10. The Labute approximate surface area is 169 Å². The molecular weight excluding hydrogens is 432 g/mol. The van der Waals surface area contributed by atoms with Crippen molar-refractivity contribution < 1.29 is 9.59 Å². The molecule has 2 aromatic carbocycles. The van der Waals surface area contributed by atoms with Crippen LogP contribution in [0.3, 0.4) is 0 Å². The number of nitrogens with zero attached hydrogens (tertiary/aromatic N) is 1. The molecule has 1 aliphatic rings. The molecule has 0 atom stereocenters. The molecule has 7 heteroatoms. The molecule has 0 bridgehead atoms. The number of anilines is 1. The van der Waals surface area contributed by atoms with Crippen LogP contribution < -0.4 is 5.32 Å². The first-order valence-corrected chi connectivity index (χ1v) is 9.90. The summed E-state index contributed by atoms with van der Waals surface area (Å²) in [4.78, 5) is 26.7. The molecule has 1 N–H and O–H groups in total. The fraction of sp³-hybridized carbons (Fsp3) is 0.105. The number of hydrogen-bond acceptors (Lipinski definition) is 4. The van der Waals surface area contributed by atoms with Crippen LogP contribution in [0, 0.1) is 0 Å². The summed E-state index contributed by atoms with van der Waals surface area (Å²) in [7, 11) is 0. The molecular formula is C19H15BrN2O2S2. The monoisotopic (exact) mass is 446 g/mol. The minimum atomic E-state index is -0.163. The van der Waals surface area contributed by atoms with Gasteiger partial charge in [0.15, 0.2) is 0 Å². The Hall–Kier alpha value is -1.96. The van der Waals surface area contributed by atoms with Gasteiger partial charge in [-0.05, 0) is 29.8 Å². The van der Waals surface area contributed by atoms with Gasteiger partial charge >= 0.3 is 0 Å². The van der Waals surface area contributed by atoms with Gasteiger partial charge in [-0.25, -0.2) is 0 Å². The molecule has 2 amide bonds. The second kappa shape index (κ2) is 8.62. The Kier molecular flexibility index (Phi) is 6.24. The Morgan fingerprint density at radius 3 is 2.69 bits per heavy atom. The summed E-state index contributed by atoms with van der Waals surface area (Å²) >= 11 is 9.93. The maximum Gasteiger partial charge on any atom is 0.266 e. The molecule has 0 aromatic heterocycles. The Bertz CT molecular complexity index is 884. The first-order valence-electron chi connectivity index (χ1n) is 7.89. The quantitative estimate of drug-likeness (QED) is 0.534. The highest BCUT2D eigenvalue weighted by atomic mass is 79.9. The van der Waals surface area contributed by atoms with Crippen molar-refractivity contribution in [3.05, 3.63) is 69.5 Å². The summed E-state index contributed by atoms with van der Waals surface area (Å²) < 4.78 is 1.37. The third-order valence-electron chi connectivity index (χ3n) is 3.64. The van der Waals surface area contributed by atoms with E-state index in [2.05, 4.69) is 21.2 Å². The van der Waals surface area contributed by atoms with E-state index in [1.165, 1.54) is 16.7 Å². The molecule has 0 radical (unpaired) electrons. The number of thiocarbonyl (C=S) groups is 1. The molecule has 2 aromatic rings. The Morgan fingerprint density at radius 2 is 1.96 bits per heavy atom. The Morgan fingerprint density at radius 1 is 1.19 bits per heavy atom. The number of rotatable bonds is 5. The van der Waals surface area contributed by atoms with Gasteiger partial charge in [0.05, 0.1) is 4.91 Å². The number of amides is 2. The van der Waals surface area contributed by atoms with E-state index in [0.29, 0.717) is 14.9 Å². The van der Waals surface area contributed by atoms with Gasteiger partial charge in [-0.15, -0.1) is 0 Å². The van der Waals surface area contributed by atoms with E-state index < -0.39 is 0 Å². The van der Waals surface area contributed by atoms with Gasteiger partial charge in [-0.1, -0.05) is 76.3 Å². The van der Waals surface area contributed by atoms with E-state index in [1.807, 2.05) is 60.7 Å². The maximum absolute atomic E-state index is 12.5. The van der Waals surface area contributed by atoms with Crippen molar-refractivity contribution in [2.24, 2.45) is 0 Å². The number of nitrogens with one attached hydrogen (secondary N) is 1. The van der Waals surface area contributed by atoms with Crippen molar-refractivity contribution in [1.29, 1.82) is 0 Å². The van der Waals surface area contributed by atoms with Gasteiger partial charge in [0, 0.05) is 23.1 Å². The second-order valence-corrected chi connectivity index (χ2v) is 8.14. The van der Waals surface area contributed by atoms with Crippen LogP contribution in [0.1, 0.15) is 12.0 Å². The van der Waals surface area contributed by atoms with Gasteiger partial charge in [-0.3, -0.25) is 14.5 Å². The fourth-order valence-electron chi connectivity index (χ4n) is 2.40. The van der Waals surface area contributed by atoms with Crippen LogP contribution in [0.5, 0.6) is 0 Å². The van der Waals surface area contributed by atoms with E-state index in [0.717, 1.165) is 10.0 Å².